The molecule has 1 N–H and O–H groups in total. The molecule has 1 amide bonds. The van der Waals surface area contributed by atoms with Crippen LogP contribution in [0.2, 0.25) is 0 Å². The van der Waals surface area contributed by atoms with Gasteiger partial charge >= 0.3 is 0 Å². The summed E-state index contributed by atoms with van der Waals surface area (Å²) >= 11 is 1.65. The van der Waals surface area contributed by atoms with Crippen LogP contribution >= 0.6 is 11.3 Å². The molecule has 1 saturated heterocycles. The number of thiophene rings is 1. The van der Waals surface area contributed by atoms with Gasteiger partial charge in [-0.15, -0.1) is 0 Å². The minimum absolute atomic E-state index is 0.00394. The second kappa shape index (κ2) is 6.19. The lowest BCUT2D eigenvalue weighted by atomic mass is 10.1. The first-order valence-corrected chi connectivity index (χ1v) is 7.65. The highest BCUT2D eigenvalue weighted by Gasteiger charge is 2.24. The van der Waals surface area contributed by atoms with Gasteiger partial charge in [0.25, 0.3) is 0 Å². The maximum Gasteiger partial charge on any atom is 0.225 e. The first-order chi connectivity index (χ1) is 9.84. The maximum absolute atomic E-state index is 12.1. The topological polar surface area (TPSA) is 56.2 Å². The Hall–Kier alpha value is -1.66. The fourth-order valence-corrected chi connectivity index (χ4v) is 3.08. The van der Waals surface area contributed by atoms with E-state index in [1.807, 2.05) is 22.3 Å². The molecule has 3 heterocycles. The highest BCUT2D eigenvalue weighted by Crippen LogP contribution is 2.20. The van der Waals surface area contributed by atoms with Gasteiger partial charge in [-0.2, -0.15) is 16.4 Å². The Kier molecular flexibility index (Phi) is 4.13. The van der Waals surface area contributed by atoms with Crippen molar-refractivity contribution >= 4 is 17.2 Å². The van der Waals surface area contributed by atoms with Gasteiger partial charge in [0.1, 0.15) is 0 Å². The highest BCUT2D eigenvalue weighted by atomic mass is 32.1. The molecule has 0 spiro atoms. The number of nitrogens with one attached hydrogen (secondary N) is 1. The van der Waals surface area contributed by atoms with E-state index in [-0.39, 0.29) is 17.9 Å². The first-order valence-electron chi connectivity index (χ1n) is 6.71. The van der Waals surface area contributed by atoms with Crippen molar-refractivity contribution in [3.63, 3.8) is 0 Å². The Morgan fingerprint density at radius 1 is 1.65 bits per heavy atom. The van der Waals surface area contributed by atoms with Crippen molar-refractivity contribution in [3.05, 3.63) is 40.8 Å². The molecule has 0 aliphatic carbocycles. The molecule has 2 atom stereocenters. The van der Waals surface area contributed by atoms with E-state index in [1.54, 1.807) is 17.5 Å². The van der Waals surface area contributed by atoms with E-state index in [1.165, 1.54) is 5.56 Å². The van der Waals surface area contributed by atoms with Crippen molar-refractivity contribution in [2.75, 3.05) is 19.8 Å². The number of hydrogen-bond acceptors (Lipinski definition) is 4. The van der Waals surface area contributed by atoms with Crippen LogP contribution in [0.25, 0.3) is 0 Å². The lowest BCUT2D eigenvalue weighted by Gasteiger charge is -2.18. The first kappa shape index (κ1) is 13.3. The van der Waals surface area contributed by atoms with E-state index in [9.17, 15) is 4.79 Å². The summed E-state index contributed by atoms with van der Waals surface area (Å²) in [4.78, 5) is 12.1. The Bertz CT molecular complexity index is 499. The summed E-state index contributed by atoms with van der Waals surface area (Å²) in [5.74, 6) is 0.0747. The molecular weight excluding hydrogens is 274 g/mol. The van der Waals surface area contributed by atoms with Crippen LogP contribution in [0, 0.1) is 5.92 Å². The van der Waals surface area contributed by atoms with Crippen molar-refractivity contribution in [1.29, 1.82) is 0 Å². The standard InChI is InChI=1S/C14H17N3O2S/c18-14(11-2-6-19-9-11)15-8-13(12-3-7-20-10-12)17-5-1-4-16-17/h1,3-5,7,10-11,13H,2,6,8-9H2,(H,15,18)/t11-,13+/m1/s1. The SMILES string of the molecule is O=C(NC[C@@H](c1ccsc1)n1cccn1)[C@@H]1CCOC1. The van der Waals surface area contributed by atoms with Crippen molar-refractivity contribution in [1.82, 2.24) is 15.1 Å². The molecule has 0 radical (unpaired) electrons. The molecule has 20 heavy (non-hydrogen) atoms. The Morgan fingerprint density at radius 3 is 3.25 bits per heavy atom. The largest absolute Gasteiger partial charge is 0.381 e. The molecule has 1 fully saturated rings. The zero-order valence-electron chi connectivity index (χ0n) is 11.1. The van der Waals surface area contributed by atoms with Crippen molar-refractivity contribution in [2.24, 2.45) is 5.92 Å². The summed E-state index contributed by atoms with van der Waals surface area (Å²) in [6, 6.07) is 4.01. The number of rotatable bonds is 5. The predicted molar refractivity (Wildman–Crippen MR) is 76.6 cm³/mol. The monoisotopic (exact) mass is 291 g/mol. The lowest BCUT2D eigenvalue weighted by Crippen LogP contribution is -2.35. The molecule has 5 nitrogen and oxygen atoms in total. The number of amides is 1. The average molecular weight is 291 g/mol. The zero-order chi connectivity index (χ0) is 13.8. The smallest absolute Gasteiger partial charge is 0.225 e. The average Bonchev–Trinajstić information content (AvgIpc) is 3.22. The molecule has 2 aromatic rings. The van der Waals surface area contributed by atoms with Crippen LogP contribution in [0.1, 0.15) is 18.0 Å². The van der Waals surface area contributed by atoms with E-state index in [0.717, 1.165) is 6.42 Å². The summed E-state index contributed by atoms with van der Waals surface area (Å²) in [5.41, 5.74) is 1.17. The minimum atomic E-state index is -0.00394. The molecule has 2 aromatic heterocycles. The summed E-state index contributed by atoms with van der Waals surface area (Å²) in [6.07, 6.45) is 4.50. The van der Waals surface area contributed by atoms with Gasteiger partial charge in [0.2, 0.25) is 5.91 Å². The van der Waals surface area contributed by atoms with Crippen molar-refractivity contribution < 1.29 is 9.53 Å². The van der Waals surface area contributed by atoms with E-state index in [2.05, 4.69) is 21.9 Å². The van der Waals surface area contributed by atoms with Crippen molar-refractivity contribution in [3.8, 4) is 0 Å². The zero-order valence-corrected chi connectivity index (χ0v) is 11.9. The number of ether oxygens (including phenoxy) is 1. The molecule has 106 valence electrons. The normalized spacial score (nSPS) is 19.9. The maximum atomic E-state index is 12.1. The molecule has 1 aliphatic rings. The summed E-state index contributed by atoms with van der Waals surface area (Å²) < 4.78 is 7.14. The second-order valence-electron chi connectivity index (χ2n) is 4.86. The summed E-state index contributed by atoms with van der Waals surface area (Å²) in [7, 11) is 0. The number of hydrogen-bond donors (Lipinski definition) is 1. The fraction of sp³-hybridized carbons (Fsp3) is 0.429. The number of carbonyl (C=O) groups excluding carboxylic acids is 1. The Balaban J connectivity index is 1.66. The third-order valence-corrected chi connectivity index (χ3v) is 4.24. The van der Waals surface area contributed by atoms with E-state index in [4.69, 9.17) is 4.74 Å². The van der Waals surface area contributed by atoms with Gasteiger partial charge in [0, 0.05) is 25.5 Å². The van der Waals surface area contributed by atoms with Crippen LogP contribution in [-0.4, -0.2) is 35.4 Å². The predicted octanol–water partition coefficient (Wildman–Crippen LogP) is 1.69. The molecule has 0 unspecified atom stereocenters. The number of aromatic nitrogens is 2. The van der Waals surface area contributed by atoms with Gasteiger partial charge in [0.15, 0.2) is 0 Å². The highest BCUT2D eigenvalue weighted by molar-refractivity contribution is 7.07. The van der Waals surface area contributed by atoms with E-state index in [0.29, 0.717) is 19.8 Å². The molecule has 6 heteroatoms. The van der Waals surface area contributed by atoms with Gasteiger partial charge in [0.05, 0.1) is 18.6 Å². The Labute approximate surface area is 121 Å². The molecular formula is C14H17N3O2S. The van der Waals surface area contributed by atoms with E-state index < -0.39 is 0 Å². The van der Waals surface area contributed by atoms with Gasteiger partial charge in [-0.1, -0.05) is 0 Å². The van der Waals surface area contributed by atoms with Crippen LogP contribution in [-0.2, 0) is 9.53 Å². The third-order valence-electron chi connectivity index (χ3n) is 3.54. The summed E-state index contributed by atoms with van der Waals surface area (Å²) in [6.45, 7) is 1.77. The molecule has 1 aliphatic heterocycles. The molecule has 0 aromatic carbocycles. The van der Waals surface area contributed by atoms with E-state index >= 15 is 0 Å². The van der Waals surface area contributed by atoms with Crippen LogP contribution in [0.15, 0.2) is 35.3 Å². The fourth-order valence-electron chi connectivity index (χ4n) is 2.38. The minimum Gasteiger partial charge on any atom is -0.381 e. The third kappa shape index (κ3) is 2.91. The van der Waals surface area contributed by atoms with Crippen molar-refractivity contribution in [2.45, 2.75) is 12.5 Å². The van der Waals surface area contributed by atoms with Crippen LogP contribution in [0.4, 0.5) is 0 Å². The Morgan fingerprint density at radius 2 is 2.60 bits per heavy atom. The summed E-state index contributed by atoms with van der Waals surface area (Å²) in [5, 5.41) is 11.5. The van der Waals surface area contributed by atoms with Gasteiger partial charge in [-0.25, -0.2) is 0 Å². The van der Waals surface area contributed by atoms with Crippen LogP contribution < -0.4 is 5.32 Å². The number of nitrogens with zero attached hydrogens (tertiary/aromatic N) is 2. The van der Waals surface area contributed by atoms with Gasteiger partial charge in [-0.05, 0) is 34.9 Å². The van der Waals surface area contributed by atoms with Crippen LogP contribution in [0.5, 0.6) is 0 Å². The lowest BCUT2D eigenvalue weighted by molar-refractivity contribution is -0.125. The van der Waals surface area contributed by atoms with Gasteiger partial charge in [-0.3, -0.25) is 9.48 Å². The molecule has 3 rings (SSSR count). The quantitative estimate of drug-likeness (QED) is 0.912. The molecule has 0 saturated carbocycles. The second-order valence-corrected chi connectivity index (χ2v) is 5.64. The number of carbonyl (C=O) groups is 1. The van der Waals surface area contributed by atoms with Gasteiger partial charge < -0.3 is 10.1 Å². The molecule has 0 bridgehead atoms. The van der Waals surface area contributed by atoms with Crippen LogP contribution in [0.3, 0.4) is 0 Å².